The standard InChI is InChI=1S/C29H34BrN3O6S.2Na/c1-32(2)40(37,38)31-27(34)19-9-11-21-23(18-7-5-4-6-8-18)16-33(26(21)13-19)17-29(28(35)36)15-24(29)22-14-20(39-3)10-12-25(22)30;;/h9-14,16,18,24H,4-8,15,17H2,1-3H3,(H2,31,34,35,36);;/q;2*+1/p-2/t24-,29-;;/m0../s1. The van der Waals surface area contributed by atoms with Crippen LogP contribution in [-0.2, 0) is 21.5 Å². The molecular weight excluding hydrogens is 644 g/mol. The first-order valence-electron chi connectivity index (χ1n) is 13.3. The third-order valence-corrected chi connectivity index (χ3v) is 10.4. The van der Waals surface area contributed by atoms with E-state index in [1.54, 1.807) is 19.2 Å². The maximum absolute atomic E-state index is 12.9. The van der Waals surface area contributed by atoms with Gasteiger partial charge in [0.1, 0.15) is 5.75 Å². The Balaban J connectivity index is 0.00000242. The van der Waals surface area contributed by atoms with Crippen molar-refractivity contribution < 1.29 is 87.0 Å². The summed E-state index contributed by atoms with van der Waals surface area (Å²) in [6.07, 6.45) is 7.95. The van der Waals surface area contributed by atoms with Crippen LogP contribution in [0.4, 0.5) is 0 Å². The van der Waals surface area contributed by atoms with Gasteiger partial charge >= 0.3 is 59.1 Å². The molecule has 0 aliphatic heterocycles. The van der Waals surface area contributed by atoms with E-state index in [9.17, 15) is 23.1 Å². The van der Waals surface area contributed by atoms with Gasteiger partial charge < -0.3 is 28.7 Å². The molecule has 2 atom stereocenters. The van der Waals surface area contributed by atoms with E-state index in [1.165, 1.54) is 20.5 Å². The van der Waals surface area contributed by atoms with E-state index < -0.39 is 27.5 Å². The number of amides is 1. The summed E-state index contributed by atoms with van der Waals surface area (Å²) < 4.78 is 36.8. The van der Waals surface area contributed by atoms with Crippen LogP contribution in [0.1, 0.15) is 71.8 Å². The minimum absolute atomic E-state index is 0. The number of hydrogen-bond acceptors (Lipinski definition) is 6. The van der Waals surface area contributed by atoms with Crippen LogP contribution in [0.25, 0.3) is 15.6 Å². The molecule has 0 saturated heterocycles. The zero-order chi connectivity index (χ0) is 28.8. The predicted octanol–water partition coefficient (Wildman–Crippen LogP) is -1.29. The van der Waals surface area contributed by atoms with Crippen molar-refractivity contribution in [2.75, 3.05) is 21.2 Å². The average molecular weight is 677 g/mol. The second kappa shape index (κ2) is 14.0. The summed E-state index contributed by atoms with van der Waals surface area (Å²) in [5.41, 5.74) is 1.62. The molecule has 2 aliphatic rings. The number of halogens is 1. The molecule has 0 radical (unpaired) electrons. The Kier molecular flexibility index (Phi) is 11.9. The number of hydrogen-bond donors (Lipinski definition) is 0. The number of aromatic nitrogens is 1. The van der Waals surface area contributed by atoms with Crippen molar-refractivity contribution in [3.63, 3.8) is 0 Å². The van der Waals surface area contributed by atoms with E-state index in [0.717, 1.165) is 51.0 Å². The van der Waals surface area contributed by atoms with Gasteiger partial charge in [0, 0.05) is 59.2 Å². The molecule has 1 amide bonds. The summed E-state index contributed by atoms with van der Waals surface area (Å²) in [7, 11) is 0.0888. The van der Waals surface area contributed by atoms with Crippen molar-refractivity contribution >= 4 is 48.9 Å². The third kappa shape index (κ3) is 7.00. The van der Waals surface area contributed by atoms with Crippen LogP contribution in [0.3, 0.4) is 0 Å². The van der Waals surface area contributed by atoms with Crippen molar-refractivity contribution in [1.29, 1.82) is 0 Å². The van der Waals surface area contributed by atoms with Crippen LogP contribution in [0.2, 0.25) is 0 Å². The normalized spacial score (nSPS) is 20.5. The van der Waals surface area contributed by atoms with Gasteiger partial charge in [0.15, 0.2) is 10.2 Å². The molecule has 2 aliphatic carbocycles. The molecule has 0 unspecified atom stereocenters. The number of carboxylic acids is 1. The summed E-state index contributed by atoms with van der Waals surface area (Å²) in [5.74, 6) is -1.32. The minimum atomic E-state index is -4.10. The summed E-state index contributed by atoms with van der Waals surface area (Å²) in [4.78, 5) is 25.5. The van der Waals surface area contributed by atoms with E-state index >= 15 is 0 Å². The number of aliphatic carboxylic acids is 1. The molecule has 3 aromatic rings. The van der Waals surface area contributed by atoms with Crippen LogP contribution in [-0.4, -0.2) is 50.4 Å². The van der Waals surface area contributed by atoms with Crippen molar-refractivity contribution in [1.82, 2.24) is 8.87 Å². The largest absolute Gasteiger partial charge is 1.00 e. The van der Waals surface area contributed by atoms with Gasteiger partial charge in [0.2, 0.25) is 0 Å². The van der Waals surface area contributed by atoms with E-state index in [1.807, 2.05) is 35.0 Å². The summed E-state index contributed by atoms with van der Waals surface area (Å²) in [6, 6.07) is 10.6. The fraction of sp³-hybridized carbons (Fsp3) is 0.448. The zero-order valence-corrected chi connectivity index (χ0v) is 31.1. The van der Waals surface area contributed by atoms with E-state index in [-0.39, 0.29) is 77.1 Å². The molecule has 5 rings (SSSR count). The van der Waals surface area contributed by atoms with E-state index in [4.69, 9.17) is 4.74 Å². The maximum Gasteiger partial charge on any atom is 1.00 e. The molecule has 0 bridgehead atoms. The quantitative estimate of drug-likeness (QED) is 0.260. The Bertz CT molecular complexity index is 1590. The number of carbonyl (C=O) groups is 2. The van der Waals surface area contributed by atoms with Gasteiger partial charge in [-0.3, -0.25) is 0 Å². The number of carboxylic acid groups (broad SMARTS) is 1. The van der Waals surface area contributed by atoms with E-state index in [2.05, 4.69) is 20.7 Å². The van der Waals surface area contributed by atoms with Gasteiger partial charge in [-0.2, -0.15) is 0 Å². The maximum atomic E-state index is 12.9. The van der Waals surface area contributed by atoms with Crippen LogP contribution in [0.5, 0.6) is 5.75 Å². The first kappa shape index (κ1) is 35.6. The number of ether oxygens (including phenoxy) is 1. The van der Waals surface area contributed by atoms with E-state index in [0.29, 0.717) is 23.6 Å². The molecule has 42 heavy (non-hydrogen) atoms. The predicted molar refractivity (Wildman–Crippen MR) is 154 cm³/mol. The Morgan fingerprint density at radius 1 is 1.10 bits per heavy atom. The van der Waals surface area contributed by atoms with Crippen LogP contribution in [0.15, 0.2) is 47.1 Å². The fourth-order valence-corrected chi connectivity index (χ4v) is 6.96. The average Bonchev–Trinajstić information content (AvgIpc) is 3.55. The summed E-state index contributed by atoms with van der Waals surface area (Å²) >= 11 is 3.57. The van der Waals surface area contributed by atoms with Crippen LogP contribution < -0.4 is 69.0 Å². The summed E-state index contributed by atoms with van der Waals surface area (Å²) in [5, 5.41) is 13.6. The molecule has 0 spiro atoms. The van der Waals surface area contributed by atoms with Crippen LogP contribution >= 0.6 is 15.9 Å². The molecule has 2 fully saturated rings. The summed E-state index contributed by atoms with van der Waals surface area (Å²) in [6.45, 7) is 0.150. The smallest absolute Gasteiger partial charge is 0.549 e. The minimum Gasteiger partial charge on any atom is -0.549 e. The fourth-order valence-electron chi connectivity index (χ4n) is 5.96. The first-order valence-corrected chi connectivity index (χ1v) is 15.5. The van der Waals surface area contributed by atoms with Crippen molar-refractivity contribution in [3.8, 4) is 5.75 Å². The zero-order valence-electron chi connectivity index (χ0n) is 24.7. The number of benzene rings is 2. The molecule has 13 heteroatoms. The van der Waals surface area contributed by atoms with Gasteiger partial charge in [-0.1, -0.05) is 47.3 Å². The molecule has 1 heterocycles. The topological polar surface area (TPSA) is 123 Å². The Labute approximate surface area is 299 Å². The Morgan fingerprint density at radius 2 is 1.79 bits per heavy atom. The van der Waals surface area contributed by atoms with Crippen LogP contribution in [0, 0.1) is 5.41 Å². The van der Waals surface area contributed by atoms with Crippen molar-refractivity contribution in [2.45, 2.75) is 56.9 Å². The molecule has 1 aromatic heterocycles. The number of nitrogens with zero attached hydrogens (tertiary/aromatic N) is 3. The van der Waals surface area contributed by atoms with Gasteiger partial charge in [-0.25, -0.2) is 12.7 Å². The number of carbonyl (C=O) groups excluding carboxylic acids is 2. The molecule has 214 valence electrons. The molecule has 2 aromatic carbocycles. The van der Waals surface area contributed by atoms with Crippen molar-refractivity contribution in [3.05, 3.63) is 68.5 Å². The number of rotatable bonds is 9. The van der Waals surface area contributed by atoms with Gasteiger partial charge in [0.05, 0.1) is 13.0 Å². The monoisotopic (exact) mass is 675 g/mol. The number of methoxy groups -OCH3 is 1. The molecule has 9 nitrogen and oxygen atoms in total. The second-order valence-electron chi connectivity index (χ2n) is 11.0. The molecule has 2 saturated carbocycles. The Morgan fingerprint density at radius 3 is 2.40 bits per heavy atom. The Hall–Kier alpha value is -0.890. The molecule has 0 N–H and O–H groups in total. The van der Waals surface area contributed by atoms with Gasteiger partial charge in [0.25, 0.3) is 0 Å². The van der Waals surface area contributed by atoms with Crippen molar-refractivity contribution in [2.24, 2.45) is 5.41 Å². The number of fused-ring (bicyclic) bond motifs is 1. The van der Waals surface area contributed by atoms with Gasteiger partial charge in [-0.15, -0.1) is 0 Å². The third-order valence-electron chi connectivity index (χ3n) is 8.38. The SMILES string of the molecule is COc1ccc(Br)c([C@@H]2C[C@@]2(Cn2cc(C3CCCCC3)c3ccc(C(=O)[N-]S(=O)(=O)N(C)C)cc32)C(=O)[O-])c1.[Na+].[Na+]. The van der Waals surface area contributed by atoms with Gasteiger partial charge in [-0.05, 0) is 66.5 Å². The molecular formula is C29H32BrN3Na2O6S. The first-order chi connectivity index (χ1) is 19.0. The second-order valence-corrected chi connectivity index (χ2v) is 13.7.